The van der Waals surface area contributed by atoms with Gasteiger partial charge in [-0.2, -0.15) is 4.31 Å². The molecule has 1 aromatic carbocycles. The van der Waals surface area contributed by atoms with E-state index in [0.717, 1.165) is 73.6 Å². The second-order valence-electron chi connectivity index (χ2n) is 11.2. The lowest BCUT2D eigenvalue weighted by molar-refractivity contribution is -0.125. The summed E-state index contributed by atoms with van der Waals surface area (Å²) >= 11 is 0. The van der Waals surface area contributed by atoms with Gasteiger partial charge >= 0.3 is 0 Å². The van der Waals surface area contributed by atoms with Crippen LogP contribution in [0.25, 0.3) is 6.08 Å². The van der Waals surface area contributed by atoms with E-state index in [0.29, 0.717) is 25.2 Å². The van der Waals surface area contributed by atoms with Gasteiger partial charge in [0.15, 0.2) is 0 Å². The number of aryl methyl sites for hydroxylation is 1. The molecule has 4 aliphatic rings. The lowest BCUT2D eigenvalue weighted by atomic mass is 9.82. The van der Waals surface area contributed by atoms with Gasteiger partial charge < -0.3 is 10.2 Å². The topological polar surface area (TPSA) is 99.2 Å². The van der Waals surface area contributed by atoms with Crippen molar-refractivity contribution in [2.45, 2.75) is 77.2 Å². The van der Waals surface area contributed by atoms with Crippen LogP contribution in [0.15, 0.2) is 28.6 Å². The van der Waals surface area contributed by atoms with Crippen molar-refractivity contribution in [2.24, 2.45) is 16.8 Å². The van der Waals surface area contributed by atoms with Gasteiger partial charge in [0.25, 0.3) is 5.91 Å². The number of nitrogens with one attached hydrogen (secondary N) is 1. The molecule has 2 amide bonds. The molecule has 0 bridgehead atoms. The summed E-state index contributed by atoms with van der Waals surface area (Å²) in [6.07, 6.45) is 9.34. The van der Waals surface area contributed by atoms with E-state index in [1.807, 2.05) is 30.0 Å². The maximum absolute atomic E-state index is 13.1. The minimum atomic E-state index is -3.63. The van der Waals surface area contributed by atoms with Crippen LogP contribution in [0, 0.1) is 18.8 Å². The number of hydrogen-bond donors (Lipinski definition) is 1. The molecule has 1 saturated carbocycles. The normalized spacial score (nSPS) is 27.1. The van der Waals surface area contributed by atoms with Crippen LogP contribution in [-0.4, -0.2) is 55.5 Å². The van der Waals surface area contributed by atoms with Gasteiger partial charge in [0.2, 0.25) is 15.9 Å². The number of amides is 2. The van der Waals surface area contributed by atoms with Gasteiger partial charge in [-0.3, -0.25) is 14.6 Å². The third kappa shape index (κ3) is 5.39. The predicted octanol–water partition coefficient (Wildman–Crippen LogP) is 4.00. The first kappa shape index (κ1) is 26.1. The van der Waals surface area contributed by atoms with E-state index < -0.39 is 15.6 Å². The largest absolute Gasteiger partial charge is 0.312 e. The summed E-state index contributed by atoms with van der Waals surface area (Å²) in [6, 6.07) is 5.70. The molecule has 3 heterocycles. The highest BCUT2D eigenvalue weighted by molar-refractivity contribution is 7.92. The Hall–Kier alpha value is -2.52. The molecular weight excluding hydrogens is 488 g/mol. The van der Waals surface area contributed by atoms with Crippen molar-refractivity contribution in [2.75, 3.05) is 24.5 Å². The van der Waals surface area contributed by atoms with Gasteiger partial charge in [-0.1, -0.05) is 25.8 Å². The Morgan fingerprint density at radius 1 is 1.05 bits per heavy atom. The number of amidine groups is 1. The SMILES string of the molecule is Cc1cc(N2CCCCC2=O)ccc1/C=C/S(=O)(=O)N1CCC2(CC1)N=C(C1CCC(C)CC1)NC2=O. The minimum Gasteiger partial charge on any atom is -0.312 e. The molecule has 1 aliphatic carbocycles. The average Bonchev–Trinajstić information content (AvgIpc) is 3.19. The lowest BCUT2D eigenvalue weighted by Gasteiger charge is -2.34. The number of carbonyl (C=O) groups is 2. The van der Waals surface area contributed by atoms with Gasteiger partial charge in [0.05, 0.1) is 0 Å². The molecule has 2 saturated heterocycles. The van der Waals surface area contributed by atoms with E-state index in [1.165, 1.54) is 9.71 Å². The van der Waals surface area contributed by atoms with Crippen molar-refractivity contribution in [3.63, 3.8) is 0 Å². The molecule has 0 unspecified atom stereocenters. The van der Waals surface area contributed by atoms with E-state index >= 15 is 0 Å². The lowest BCUT2D eigenvalue weighted by Crippen LogP contribution is -2.50. The summed E-state index contributed by atoms with van der Waals surface area (Å²) < 4.78 is 27.7. The molecule has 0 aromatic heterocycles. The molecule has 0 atom stereocenters. The van der Waals surface area contributed by atoms with E-state index in [9.17, 15) is 18.0 Å². The second kappa shape index (κ2) is 10.3. The summed E-state index contributed by atoms with van der Waals surface area (Å²) in [4.78, 5) is 31.8. The van der Waals surface area contributed by atoms with Crippen LogP contribution in [0.3, 0.4) is 0 Å². The number of rotatable bonds is 5. The molecule has 1 N–H and O–H groups in total. The van der Waals surface area contributed by atoms with E-state index in [-0.39, 0.29) is 24.9 Å². The fourth-order valence-corrected chi connectivity index (χ4v) is 7.24. The monoisotopic (exact) mass is 526 g/mol. The Morgan fingerprint density at radius 2 is 1.78 bits per heavy atom. The Labute approximate surface area is 220 Å². The van der Waals surface area contributed by atoms with Crippen LogP contribution in [0.2, 0.25) is 0 Å². The number of benzene rings is 1. The Balaban J connectivity index is 1.23. The summed E-state index contributed by atoms with van der Waals surface area (Å²) in [7, 11) is -3.63. The van der Waals surface area contributed by atoms with Crippen molar-refractivity contribution in [1.29, 1.82) is 0 Å². The Bertz CT molecular complexity index is 1220. The van der Waals surface area contributed by atoms with Crippen LogP contribution in [0.4, 0.5) is 5.69 Å². The zero-order valence-corrected chi connectivity index (χ0v) is 22.7. The van der Waals surface area contributed by atoms with Gasteiger partial charge in [-0.25, -0.2) is 8.42 Å². The van der Waals surface area contributed by atoms with E-state index in [1.54, 1.807) is 6.08 Å². The van der Waals surface area contributed by atoms with Crippen molar-refractivity contribution in [3.05, 3.63) is 34.7 Å². The van der Waals surface area contributed by atoms with Crippen molar-refractivity contribution >= 4 is 39.4 Å². The molecule has 0 radical (unpaired) electrons. The number of anilines is 1. The fraction of sp³-hybridized carbons (Fsp3) is 0.607. The third-order valence-electron chi connectivity index (χ3n) is 8.62. The number of aliphatic imine (C=N–C) groups is 1. The van der Waals surface area contributed by atoms with Crippen LogP contribution >= 0.6 is 0 Å². The number of hydrogen-bond acceptors (Lipinski definition) is 5. The highest BCUT2D eigenvalue weighted by atomic mass is 32.2. The first-order chi connectivity index (χ1) is 17.7. The first-order valence-electron chi connectivity index (χ1n) is 13.7. The van der Waals surface area contributed by atoms with Gasteiger partial charge in [0.1, 0.15) is 11.4 Å². The summed E-state index contributed by atoms with van der Waals surface area (Å²) in [6.45, 7) is 5.46. The molecule has 8 nitrogen and oxygen atoms in total. The Kier molecular flexibility index (Phi) is 7.29. The van der Waals surface area contributed by atoms with Gasteiger partial charge in [-0.15, -0.1) is 0 Å². The number of sulfonamides is 1. The number of nitrogens with zero attached hydrogens (tertiary/aromatic N) is 3. The van der Waals surface area contributed by atoms with E-state index in [2.05, 4.69) is 12.2 Å². The smallest absolute Gasteiger partial charge is 0.253 e. The van der Waals surface area contributed by atoms with E-state index in [4.69, 9.17) is 4.99 Å². The third-order valence-corrected chi connectivity index (χ3v) is 10.2. The molecule has 37 heavy (non-hydrogen) atoms. The molecule has 3 fully saturated rings. The molecular formula is C28H38N4O4S. The quantitative estimate of drug-likeness (QED) is 0.627. The standard InChI is InChI=1S/C28H38N4O4S/c1-20-6-8-23(9-7-20)26-29-27(34)28(30-26)13-16-31(17-14-28)37(35,36)18-12-22-10-11-24(19-21(22)2)32-15-4-3-5-25(32)33/h10-12,18-20,23H,3-9,13-17H2,1-2H3,(H,29,30,34)/b18-12+. The zero-order valence-electron chi connectivity index (χ0n) is 21.9. The highest BCUT2D eigenvalue weighted by Gasteiger charge is 2.48. The number of carbonyl (C=O) groups excluding carboxylic acids is 2. The van der Waals surface area contributed by atoms with Crippen LogP contribution in [0.1, 0.15) is 75.8 Å². The second-order valence-corrected chi connectivity index (χ2v) is 13.0. The van der Waals surface area contributed by atoms with Crippen LogP contribution in [-0.2, 0) is 19.6 Å². The van der Waals surface area contributed by atoms with Gasteiger partial charge in [0, 0.05) is 43.1 Å². The zero-order chi connectivity index (χ0) is 26.2. The summed E-state index contributed by atoms with van der Waals surface area (Å²) in [5, 5.41) is 4.30. The number of piperidine rings is 2. The maximum atomic E-state index is 13.1. The molecule has 1 spiro atoms. The van der Waals surface area contributed by atoms with Gasteiger partial charge in [-0.05, 0) is 80.7 Å². The molecule has 5 rings (SSSR count). The summed E-state index contributed by atoms with van der Waals surface area (Å²) in [5.74, 6) is 1.92. The summed E-state index contributed by atoms with van der Waals surface area (Å²) in [5.41, 5.74) is 1.76. The van der Waals surface area contributed by atoms with Crippen molar-refractivity contribution in [3.8, 4) is 0 Å². The fourth-order valence-electron chi connectivity index (χ4n) is 6.06. The molecule has 9 heteroatoms. The predicted molar refractivity (Wildman–Crippen MR) is 146 cm³/mol. The molecule has 200 valence electrons. The van der Waals surface area contributed by atoms with Crippen molar-refractivity contribution < 1.29 is 18.0 Å². The molecule has 1 aromatic rings. The maximum Gasteiger partial charge on any atom is 0.253 e. The van der Waals surface area contributed by atoms with Crippen LogP contribution in [0.5, 0.6) is 0 Å². The first-order valence-corrected chi connectivity index (χ1v) is 15.2. The Morgan fingerprint density at radius 3 is 2.46 bits per heavy atom. The average molecular weight is 527 g/mol. The molecule has 3 aliphatic heterocycles. The minimum absolute atomic E-state index is 0.0726. The van der Waals surface area contributed by atoms with Crippen molar-refractivity contribution in [1.82, 2.24) is 9.62 Å². The van der Waals surface area contributed by atoms with Crippen LogP contribution < -0.4 is 10.2 Å². The highest BCUT2D eigenvalue weighted by Crippen LogP contribution is 2.36.